The molecule has 198 valence electrons. The minimum absolute atomic E-state index is 0.00932. The number of carbonyl (C=O) groups excluding carboxylic acids is 1. The minimum Gasteiger partial charge on any atom is -0.497 e. The van der Waals surface area contributed by atoms with Gasteiger partial charge in [-0.1, -0.05) is 13.3 Å². The fourth-order valence-electron chi connectivity index (χ4n) is 4.84. The Balaban J connectivity index is 1.59. The van der Waals surface area contributed by atoms with Gasteiger partial charge >= 0.3 is 0 Å². The lowest BCUT2D eigenvalue weighted by molar-refractivity contribution is -0.136. The Bertz CT molecular complexity index is 933. The van der Waals surface area contributed by atoms with Gasteiger partial charge in [0.05, 0.1) is 24.7 Å². The van der Waals surface area contributed by atoms with Gasteiger partial charge < -0.3 is 19.3 Å². The molecule has 10 heteroatoms. The lowest BCUT2D eigenvalue weighted by Gasteiger charge is -2.35. The Kier molecular flexibility index (Phi) is 10.7. The molecule has 0 spiro atoms. The number of hydrogen-bond donors (Lipinski definition) is 0. The number of hydrogen-bond acceptors (Lipinski definition) is 7. The van der Waals surface area contributed by atoms with E-state index in [1.807, 2.05) is 4.90 Å². The molecule has 1 unspecified atom stereocenters. The van der Waals surface area contributed by atoms with Crippen molar-refractivity contribution in [2.75, 3.05) is 71.1 Å². The van der Waals surface area contributed by atoms with Gasteiger partial charge in [0.1, 0.15) is 12.4 Å². The molecule has 0 N–H and O–H groups in total. The lowest BCUT2D eigenvalue weighted by atomic mass is 10.1. The number of sulfonamides is 1. The van der Waals surface area contributed by atoms with Crippen LogP contribution in [-0.2, 0) is 19.6 Å². The first-order valence-electron chi connectivity index (χ1n) is 12.6. The number of aryl methyl sites for hydroxylation is 2. The van der Waals surface area contributed by atoms with Gasteiger partial charge in [0.2, 0.25) is 15.9 Å². The zero-order chi connectivity index (χ0) is 25.4. The van der Waals surface area contributed by atoms with Gasteiger partial charge in [-0.15, -0.1) is 0 Å². The van der Waals surface area contributed by atoms with Gasteiger partial charge in [-0.3, -0.25) is 4.79 Å². The molecule has 1 amide bonds. The summed E-state index contributed by atoms with van der Waals surface area (Å²) < 4.78 is 40.0. The third kappa shape index (κ3) is 7.35. The number of rotatable bonds is 10. The summed E-state index contributed by atoms with van der Waals surface area (Å²) in [7, 11) is -2.13. The zero-order valence-electron chi connectivity index (χ0n) is 21.6. The first-order chi connectivity index (χ1) is 16.8. The van der Waals surface area contributed by atoms with Crippen LogP contribution >= 0.6 is 11.8 Å². The second-order valence-corrected chi connectivity index (χ2v) is 12.4. The molecule has 1 atom stereocenters. The van der Waals surface area contributed by atoms with E-state index in [-0.39, 0.29) is 25.2 Å². The lowest BCUT2D eigenvalue weighted by Crippen LogP contribution is -2.49. The van der Waals surface area contributed by atoms with Crippen LogP contribution in [0, 0.1) is 13.8 Å². The highest BCUT2D eigenvalue weighted by atomic mass is 32.2. The first-order valence-corrected chi connectivity index (χ1v) is 15.2. The van der Waals surface area contributed by atoms with Crippen LogP contribution in [0.3, 0.4) is 0 Å². The van der Waals surface area contributed by atoms with Gasteiger partial charge in [-0.25, -0.2) is 8.42 Å². The summed E-state index contributed by atoms with van der Waals surface area (Å²) in [6.45, 7) is 10.9. The maximum atomic E-state index is 13.7. The molecular weight excluding hydrogens is 486 g/mol. The van der Waals surface area contributed by atoms with E-state index >= 15 is 0 Å². The Morgan fingerprint density at radius 2 is 1.86 bits per heavy atom. The highest BCUT2D eigenvalue weighted by Gasteiger charge is 2.36. The van der Waals surface area contributed by atoms with E-state index in [0.29, 0.717) is 34.1 Å². The molecule has 0 bridgehead atoms. The molecule has 1 aromatic carbocycles. The first kappa shape index (κ1) is 28.2. The summed E-state index contributed by atoms with van der Waals surface area (Å²) in [5.74, 6) is 2.03. The van der Waals surface area contributed by atoms with E-state index in [1.54, 1.807) is 49.2 Å². The van der Waals surface area contributed by atoms with E-state index < -0.39 is 10.0 Å². The Hall–Kier alpha value is -1.33. The van der Waals surface area contributed by atoms with Gasteiger partial charge in [-0.05, 0) is 63.0 Å². The van der Waals surface area contributed by atoms with Crippen LogP contribution in [0.5, 0.6) is 5.75 Å². The van der Waals surface area contributed by atoms with Crippen LogP contribution in [0.2, 0.25) is 0 Å². The van der Waals surface area contributed by atoms with Crippen LogP contribution in [0.25, 0.3) is 0 Å². The number of nitrogens with zero attached hydrogens (tertiary/aromatic N) is 3. The third-order valence-corrected chi connectivity index (χ3v) is 10.1. The molecule has 0 radical (unpaired) electrons. The Morgan fingerprint density at radius 3 is 2.54 bits per heavy atom. The van der Waals surface area contributed by atoms with Crippen LogP contribution in [-0.4, -0.2) is 106 Å². The van der Waals surface area contributed by atoms with E-state index in [4.69, 9.17) is 9.47 Å². The maximum absolute atomic E-state index is 13.7. The molecule has 0 saturated carbocycles. The molecule has 35 heavy (non-hydrogen) atoms. The predicted molar refractivity (Wildman–Crippen MR) is 141 cm³/mol. The largest absolute Gasteiger partial charge is 0.497 e. The van der Waals surface area contributed by atoms with E-state index in [1.165, 1.54) is 12.8 Å². The molecule has 0 aromatic heterocycles. The second kappa shape index (κ2) is 13.3. The number of methoxy groups -OCH3 is 1. The van der Waals surface area contributed by atoms with Crippen molar-refractivity contribution in [3.8, 4) is 5.75 Å². The average Bonchev–Trinajstić information content (AvgIpc) is 3.08. The summed E-state index contributed by atoms with van der Waals surface area (Å²) in [4.78, 5) is 17.5. The average molecular weight is 528 g/mol. The molecule has 8 nitrogen and oxygen atoms in total. The molecular formula is C25H41N3O5S2. The van der Waals surface area contributed by atoms with Crippen LogP contribution in [0.4, 0.5) is 0 Å². The zero-order valence-corrected chi connectivity index (χ0v) is 23.3. The molecule has 2 aliphatic heterocycles. The van der Waals surface area contributed by atoms with Crippen molar-refractivity contribution in [1.29, 1.82) is 0 Å². The van der Waals surface area contributed by atoms with Gasteiger partial charge in [-0.2, -0.15) is 16.1 Å². The highest BCUT2D eigenvalue weighted by molar-refractivity contribution is 7.99. The summed E-state index contributed by atoms with van der Waals surface area (Å²) in [6.07, 6.45) is 3.34. The minimum atomic E-state index is -3.70. The highest BCUT2D eigenvalue weighted by Crippen LogP contribution is 2.31. The van der Waals surface area contributed by atoms with Crippen molar-refractivity contribution in [3.63, 3.8) is 0 Å². The maximum Gasteiger partial charge on any atom is 0.248 e. The number of amides is 1. The molecule has 2 fully saturated rings. The van der Waals surface area contributed by atoms with Crippen LogP contribution < -0.4 is 4.74 Å². The van der Waals surface area contributed by atoms with Crippen molar-refractivity contribution >= 4 is 27.7 Å². The van der Waals surface area contributed by atoms with Crippen LogP contribution in [0.1, 0.15) is 37.3 Å². The SMILES string of the molecule is CCCCN1CCCN(C(=O)COCC2CSCCN2S(=O)(=O)c2c(C)cc(OC)cc2C)CC1. The third-order valence-electron chi connectivity index (χ3n) is 6.71. The number of benzene rings is 1. The second-order valence-electron chi connectivity index (χ2n) is 9.38. The predicted octanol–water partition coefficient (Wildman–Crippen LogP) is 2.77. The standard InChI is InChI=1S/C25H41N3O5S2/c1-5-6-8-26-9-7-10-27(12-11-26)24(29)18-33-17-22-19-34-14-13-28(22)35(30,31)25-20(2)15-23(32-4)16-21(25)3/h15-16,22H,5-14,17-19H2,1-4H3. The number of unbranched alkanes of at least 4 members (excludes halogenated alkanes) is 1. The van der Waals surface area contributed by atoms with Crippen molar-refractivity contribution in [2.24, 2.45) is 0 Å². The van der Waals surface area contributed by atoms with E-state index in [0.717, 1.165) is 44.9 Å². The fourth-order valence-corrected chi connectivity index (χ4v) is 8.12. The molecule has 2 heterocycles. The molecule has 3 rings (SSSR count). The summed E-state index contributed by atoms with van der Waals surface area (Å²) in [5, 5.41) is 0. The topological polar surface area (TPSA) is 79.4 Å². The fraction of sp³-hybridized carbons (Fsp3) is 0.720. The van der Waals surface area contributed by atoms with Gasteiger partial charge in [0.25, 0.3) is 0 Å². The van der Waals surface area contributed by atoms with E-state index in [9.17, 15) is 13.2 Å². The summed E-state index contributed by atoms with van der Waals surface area (Å²) >= 11 is 1.72. The van der Waals surface area contributed by atoms with E-state index in [2.05, 4.69) is 11.8 Å². The van der Waals surface area contributed by atoms with Gasteiger partial charge in [0, 0.05) is 37.7 Å². The monoisotopic (exact) mass is 527 g/mol. The number of ether oxygens (including phenoxy) is 2. The van der Waals surface area contributed by atoms with Crippen molar-refractivity contribution < 1.29 is 22.7 Å². The molecule has 1 aromatic rings. The van der Waals surface area contributed by atoms with Crippen molar-refractivity contribution in [3.05, 3.63) is 23.3 Å². The Labute approximate surface area is 215 Å². The quantitative estimate of drug-likeness (QED) is 0.463. The molecule has 2 aliphatic rings. The number of thioether (sulfide) groups is 1. The summed E-state index contributed by atoms with van der Waals surface area (Å²) in [6, 6.07) is 3.21. The van der Waals surface area contributed by atoms with Crippen molar-refractivity contribution in [1.82, 2.24) is 14.1 Å². The number of carbonyl (C=O) groups is 1. The van der Waals surface area contributed by atoms with Crippen molar-refractivity contribution in [2.45, 2.75) is 51.0 Å². The smallest absolute Gasteiger partial charge is 0.248 e. The summed E-state index contributed by atoms with van der Waals surface area (Å²) in [5.41, 5.74) is 1.34. The van der Waals surface area contributed by atoms with Gasteiger partial charge in [0.15, 0.2) is 0 Å². The molecule has 0 aliphatic carbocycles. The van der Waals surface area contributed by atoms with Crippen LogP contribution in [0.15, 0.2) is 17.0 Å². The normalized spacial score (nSPS) is 20.6. The Morgan fingerprint density at radius 1 is 1.11 bits per heavy atom. The molecule has 2 saturated heterocycles.